The lowest BCUT2D eigenvalue weighted by atomic mass is 9.75. The second-order valence-corrected chi connectivity index (χ2v) is 6.91. The number of rotatable bonds is 6. The first-order valence-electron chi connectivity index (χ1n) is 8.13. The fraction of sp³-hybridized carbons (Fsp3) is 0.941. The van der Waals surface area contributed by atoms with Crippen LogP contribution in [0.1, 0.15) is 73.1 Å². The van der Waals surface area contributed by atoms with E-state index in [2.05, 4.69) is 34.6 Å². The molecule has 0 aromatic carbocycles. The number of hydrogen-bond donors (Lipinski definition) is 0. The van der Waals surface area contributed by atoms with Gasteiger partial charge >= 0.3 is 5.97 Å². The molecule has 0 radical (unpaired) electrons. The maximum Gasteiger partial charge on any atom is 0.306 e. The van der Waals surface area contributed by atoms with Gasteiger partial charge in [-0.1, -0.05) is 47.5 Å². The van der Waals surface area contributed by atoms with Crippen LogP contribution in [-0.2, 0) is 9.53 Å². The van der Waals surface area contributed by atoms with E-state index in [-0.39, 0.29) is 12.1 Å². The number of carbonyl (C=O) groups excluding carboxylic acids is 1. The average Bonchev–Trinajstić information content (AvgIpc) is 2.35. The molecule has 112 valence electrons. The lowest BCUT2D eigenvalue weighted by Gasteiger charge is -2.36. The summed E-state index contributed by atoms with van der Waals surface area (Å²) in [5.74, 6) is 2.51. The zero-order valence-electron chi connectivity index (χ0n) is 13.4. The van der Waals surface area contributed by atoms with Crippen molar-refractivity contribution < 1.29 is 9.53 Å². The molecule has 1 rings (SSSR count). The molecule has 1 aliphatic rings. The lowest BCUT2D eigenvalue weighted by Crippen LogP contribution is -2.35. The van der Waals surface area contributed by atoms with Gasteiger partial charge in [0.1, 0.15) is 6.10 Å². The van der Waals surface area contributed by atoms with Gasteiger partial charge in [0.25, 0.3) is 0 Å². The third kappa shape index (κ3) is 5.54. The molecular formula is C17H32O2. The van der Waals surface area contributed by atoms with Crippen molar-refractivity contribution in [3.63, 3.8) is 0 Å². The van der Waals surface area contributed by atoms with E-state index >= 15 is 0 Å². The molecule has 0 saturated heterocycles. The number of carbonyl (C=O) groups is 1. The maximum absolute atomic E-state index is 12.0. The van der Waals surface area contributed by atoms with Crippen LogP contribution in [0.4, 0.5) is 0 Å². The van der Waals surface area contributed by atoms with Crippen molar-refractivity contribution in [2.45, 2.75) is 79.2 Å². The highest BCUT2D eigenvalue weighted by Gasteiger charge is 2.33. The molecule has 1 saturated carbocycles. The Morgan fingerprint density at radius 3 is 2.53 bits per heavy atom. The molecule has 0 unspecified atom stereocenters. The molecular weight excluding hydrogens is 236 g/mol. The normalized spacial score (nSPS) is 29.3. The molecule has 0 bridgehead atoms. The van der Waals surface area contributed by atoms with Crippen molar-refractivity contribution in [2.24, 2.45) is 23.7 Å². The van der Waals surface area contributed by atoms with E-state index in [1.807, 2.05) is 0 Å². The summed E-state index contributed by atoms with van der Waals surface area (Å²) in [4.78, 5) is 12.0. The van der Waals surface area contributed by atoms with Crippen LogP contribution < -0.4 is 0 Å². The Bertz CT molecular complexity index is 272. The summed E-state index contributed by atoms with van der Waals surface area (Å²) >= 11 is 0. The summed E-state index contributed by atoms with van der Waals surface area (Å²) in [6, 6.07) is 0. The van der Waals surface area contributed by atoms with Gasteiger partial charge in [-0.05, 0) is 42.9 Å². The minimum Gasteiger partial charge on any atom is -0.462 e. The first kappa shape index (κ1) is 16.5. The summed E-state index contributed by atoms with van der Waals surface area (Å²) in [6.07, 6.45) is 6.40. The Morgan fingerprint density at radius 2 is 1.95 bits per heavy atom. The third-order valence-corrected chi connectivity index (χ3v) is 4.78. The van der Waals surface area contributed by atoms with Crippen LogP contribution in [-0.4, -0.2) is 12.1 Å². The van der Waals surface area contributed by atoms with Crippen molar-refractivity contribution >= 4 is 5.97 Å². The Kier molecular flexibility index (Phi) is 6.88. The Hall–Kier alpha value is -0.530. The molecule has 4 atom stereocenters. The van der Waals surface area contributed by atoms with E-state index in [0.29, 0.717) is 30.1 Å². The van der Waals surface area contributed by atoms with Crippen LogP contribution in [0.2, 0.25) is 0 Å². The lowest BCUT2D eigenvalue weighted by molar-refractivity contribution is -0.156. The SMILES string of the molecule is CC[C@@H](C)CCC(=O)O[C@@H]1C[C@H](C)CC[C@H]1C(C)C. The van der Waals surface area contributed by atoms with Crippen LogP contribution in [0.25, 0.3) is 0 Å². The molecule has 0 spiro atoms. The fourth-order valence-electron chi connectivity index (χ4n) is 3.05. The van der Waals surface area contributed by atoms with Gasteiger partial charge in [-0.3, -0.25) is 4.79 Å². The number of hydrogen-bond acceptors (Lipinski definition) is 2. The zero-order chi connectivity index (χ0) is 14.4. The summed E-state index contributed by atoms with van der Waals surface area (Å²) < 4.78 is 5.79. The second kappa shape index (κ2) is 7.91. The predicted octanol–water partition coefficient (Wildman–Crippen LogP) is 4.82. The molecule has 0 aromatic heterocycles. The maximum atomic E-state index is 12.0. The van der Waals surface area contributed by atoms with Gasteiger partial charge in [0.05, 0.1) is 0 Å². The van der Waals surface area contributed by atoms with Gasteiger partial charge in [0.2, 0.25) is 0 Å². The number of ether oxygens (including phenoxy) is 1. The van der Waals surface area contributed by atoms with Crippen molar-refractivity contribution in [3.05, 3.63) is 0 Å². The van der Waals surface area contributed by atoms with Crippen LogP contribution in [0.3, 0.4) is 0 Å². The number of esters is 1. The molecule has 0 aliphatic heterocycles. The highest BCUT2D eigenvalue weighted by atomic mass is 16.5. The van der Waals surface area contributed by atoms with Gasteiger partial charge < -0.3 is 4.74 Å². The standard InChI is InChI=1S/C17H32O2/c1-6-13(4)8-10-17(18)19-16-11-14(5)7-9-15(16)12(2)3/h12-16H,6-11H2,1-5H3/t13-,14-,15+,16-/m1/s1. The Balaban J connectivity index is 2.44. The Morgan fingerprint density at radius 1 is 1.26 bits per heavy atom. The monoisotopic (exact) mass is 268 g/mol. The summed E-state index contributed by atoms with van der Waals surface area (Å²) in [5.41, 5.74) is 0. The summed E-state index contributed by atoms with van der Waals surface area (Å²) in [6.45, 7) is 11.2. The summed E-state index contributed by atoms with van der Waals surface area (Å²) in [5, 5.41) is 0. The van der Waals surface area contributed by atoms with E-state index in [4.69, 9.17) is 4.74 Å². The first-order chi connectivity index (χ1) is 8.93. The topological polar surface area (TPSA) is 26.3 Å². The van der Waals surface area contributed by atoms with Gasteiger partial charge in [-0.15, -0.1) is 0 Å². The van der Waals surface area contributed by atoms with Gasteiger partial charge in [0.15, 0.2) is 0 Å². The highest BCUT2D eigenvalue weighted by Crippen LogP contribution is 2.35. The van der Waals surface area contributed by atoms with Crippen LogP contribution >= 0.6 is 0 Å². The molecule has 19 heavy (non-hydrogen) atoms. The van der Waals surface area contributed by atoms with Crippen molar-refractivity contribution in [1.29, 1.82) is 0 Å². The van der Waals surface area contributed by atoms with E-state index in [1.165, 1.54) is 12.8 Å². The molecule has 1 fully saturated rings. The Labute approximate surface area is 119 Å². The largest absolute Gasteiger partial charge is 0.462 e. The fourth-order valence-corrected chi connectivity index (χ4v) is 3.05. The van der Waals surface area contributed by atoms with Crippen molar-refractivity contribution in [3.8, 4) is 0 Å². The highest BCUT2D eigenvalue weighted by molar-refractivity contribution is 5.69. The minimum atomic E-state index is 0.0186. The molecule has 2 nitrogen and oxygen atoms in total. The van der Waals surface area contributed by atoms with Crippen LogP contribution in [0, 0.1) is 23.7 Å². The van der Waals surface area contributed by atoms with Crippen molar-refractivity contribution in [2.75, 3.05) is 0 Å². The zero-order valence-corrected chi connectivity index (χ0v) is 13.4. The third-order valence-electron chi connectivity index (χ3n) is 4.78. The summed E-state index contributed by atoms with van der Waals surface area (Å²) in [7, 11) is 0. The predicted molar refractivity (Wildman–Crippen MR) is 79.9 cm³/mol. The molecule has 0 aromatic rings. The van der Waals surface area contributed by atoms with E-state index < -0.39 is 0 Å². The van der Waals surface area contributed by atoms with E-state index in [0.717, 1.165) is 19.3 Å². The van der Waals surface area contributed by atoms with Gasteiger partial charge in [0, 0.05) is 6.42 Å². The molecule has 2 heteroatoms. The molecule has 0 heterocycles. The van der Waals surface area contributed by atoms with E-state index in [1.54, 1.807) is 0 Å². The van der Waals surface area contributed by atoms with E-state index in [9.17, 15) is 4.79 Å². The van der Waals surface area contributed by atoms with Gasteiger partial charge in [-0.25, -0.2) is 0 Å². The minimum absolute atomic E-state index is 0.0186. The van der Waals surface area contributed by atoms with Crippen molar-refractivity contribution in [1.82, 2.24) is 0 Å². The van der Waals surface area contributed by atoms with Gasteiger partial charge in [-0.2, -0.15) is 0 Å². The average molecular weight is 268 g/mol. The van der Waals surface area contributed by atoms with Crippen LogP contribution in [0.15, 0.2) is 0 Å². The quantitative estimate of drug-likeness (QED) is 0.646. The molecule has 0 N–H and O–H groups in total. The van der Waals surface area contributed by atoms with Crippen LogP contribution in [0.5, 0.6) is 0 Å². The molecule has 0 amide bonds. The first-order valence-corrected chi connectivity index (χ1v) is 8.13. The molecule has 1 aliphatic carbocycles. The smallest absolute Gasteiger partial charge is 0.306 e. The second-order valence-electron chi connectivity index (χ2n) is 6.91.